The molecule has 1 saturated heterocycles. The number of benzene rings is 1. The van der Waals surface area contributed by atoms with Crippen molar-refractivity contribution in [1.82, 2.24) is 4.90 Å². The molecule has 0 unspecified atom stereocenters. The van der Waals surface area contributed by atoms with Gasteiger partial charge in [0.05, 0.1) is 7.11 Å². The molecule has 0 spiro atoms. The maximum atomic E-state index is 12.4. The van der Waals surface area contributed by atoms with E-state index in [0.717, 1.165) is 12.8 Å². The summed E-state index contributed by atoms with van der Waals surface area (Å²) in [5, 5.41) is 18.1. The quantitative estimate of drug-likeness (QED) is 0.629. The van der Waals surface area contributed by atoms with Gasteiger partial charge in [-0.15, -0.1) is 0 Å². The average Bonchev–Trinajstić information content (AvgIpc) is 3.11. The van der Waals surface area contributed by atoms with Crippen LogP contribution in [0.2, 0.25) is 0 Å². The van der Waals surface area contributed by atoms with Gasteiger partial charge >= 0.3 is 5.97 Å². The van der Waals surface area contributed by atoms with Crippen LogP contribution in [-0.4, -0.2) is 48.7 Å². The molecule has 0 aromatic heterocycles. The molecule has 7 heteroatoms. The van der Waals surface area contributed by atoms with E-state index in [9.17, 15) is 14.9 Å². The molecule has 0 radical (unpaired) electrons. The second kappa shape index (κ2) is 8.02. The van der Waals surface area contributed by atoms with E-state index in [1.54, 1.807) is 23.1 Å². The lowest BCUT2D eigenvalue weighted by molar-refractivity contribution is -0.139. The summed E-state index contributed by atoms with van der Waals surface area (Å²) in [7, 11) is 1.43. The second-order valence-electron chi connectivity index (χ2n) is 5.23. The van der Waals surface area contributed by atoms with Crippen LogP contribution in [0.1, 0.15) is 18.4 Å². The first-order valence-electron chi connectivity index (χ1n) is 7.49. The molecule has 0 saturated carbocycles. The van der Waals surface area contributed by atoms with Crippen LogP contribution in [0.25, 0.3) is 6.08 Å². The van der Waals surface area contributed by atoms with Crippen molar-refractivity contribution in [2.75, 3.05) is 26.8 Å². The van der Waals surface area contributed by atoms with Crippen LogP contribution in [0.3, 0.4) is 0 Å². The summed E-state index contributed by atoms with van der Waals surface area (Å²) >= 11 is 0. The molecule has 1 N–H and O–H groups in total. The summed E-state index contributed by atoms with van der Waals surface area (Å²) in [5.41, 5.74) is 0.394. The number of para-hydroxylation sites is 1. The number of rotatable bonds is 6. The van der Waals surface area contributed by atoms with Crippen LogP contribution >= 0.6 is 0 Å². The highest BCUT2D eigenvalue weighted by Gasteiger charge is 2.22. The topological polar surface area (TPSA) is 99.9 Å². The molecule has 1 fully saturated rings. The van der Waals surface area contributed by atoms with Crippen LogP contribution < -0.4 is 9.47 Å². The Hall–Kier alpha value is -3.01. The highest BCUT2D eigenvalue weighted by Crippen LogP contribution is 2.32. The van der Waals surface area contributed by atoms with Crippen molar-refractivity contribution in [2.24, 2.45) is 0 Å². The summed E-state index contributed by atoms with van der Waals surface area (Å²) in [4.78, 5) is 24.8. The SMILES string of the molecule is COc1cccc(/C=C(\C#N)C(=O)N2CCCC2)c1OCC(=O)O. The minimum atomic E-state index is -1.13. The molecular weight excluding hydrogens is 312 g/mol. The smallest absolute Gasteiger partial charge is 0.341 e. The van der Waals surface area contributed by atoms with E-state index in [-0.39, 0.29) is 17.2 Å². The minimum absolute atomic E-state index is 0.0228. The van der Waals surface area contributed by atoms with E-state index in [1.807, 2.05) is 6.07 Å². The van der Waals surface area contributed by atoms with Gasteiger partial charge in [0.15, 0.2) is 18.1 Å². The van der Waals surface area contributed by atoms with E-state index in [1.165, 1.54) is 13.2 Å². The molecule has 2 rings (SSSR count). The molecule has 24 heavy (non-hydrogen) atoms. The number of amides is 1. The molecular formula is C17H18N2O5. The molecule has 1 aromatic carbocycles. The maximum Gasteiger partial charge on any atom is 0.341 e. The number of carbonyl (C=O) groups excluding carboxylic acids is 1. The first-order valence-corrected chi connectivity index (χ1v) is 7.49. The summed E-state index contributed by atoms with van der Waals surface area (Å²) in [6, 6.07) is 6.84. The number of carbonyl (C=O) groups is 2. The van der Waals surface area contributed by atoms with E-state index in [4.69, 9.17) is 14.6 Å². The van der Waals surface area contributed by atoms with Gasteiger partial charge in [-0.25, -0.2) is 4.79 Å². The van der Waals surface area contributed by atoms with Gasteiger partial charge in [0.25, 0.3) is 5.91 Å². The molecule has 7 nitrogen and oxygen atoms in total. The molecule has 1 heterocycles. The van der Waals surface area contributed by atoms with Crippen LogP contribution in [0.15, 0.2) is 23.8 Å². The van der Waals surface area contributed by atoms with Gasteiger partial charge in [-0.1, -0.05) is 12.1 Å². The third-order valence-electron chi connectivity index (χ3n) is 3.61. The van der Waals surface area contributed by atoms with E-state index in [2.05, 4.69) is 0 Å². The fourth-order valence-electron chi connectivity index (χ4n) is 2.48. The number of aliphatic carboxylic acids is 1. The predicted molar refractivity (Wildman–Crippen MR) is 85.5 cm³/mol. The van der Waals surface area contributed by atoms with Crippen molar-refractivity contribution >= 4 is 18.0 Å². The van der Waals surface area contributed by atoms with Crippen molar-refractivity contribution in [3.05, 3.63) is 29.3 Å². The third kappa shape index (κ3) is 4.04. The maximum absolute atomic E-state index is 12.4. The summed E-state index contributed by atoms with van der Waals surface area (Å²) < 4.78 is 10.4. The van der Waals surface area contributed by atoms with Crippen molar-refractivity contribution < 1.29 is 24.2 Å². The second-order valence-corrected chi connectivity index (χ2v) is 5.23. The Balaban J connectivity index is 2.36. The molecule has 0 aliphatic carbocycles. The normalized spacial score (nSPS) is 14.2. The van der Waals surface area contributed by atoms with Gasteiger partial charge in [-0.05, 0) is 25.0 Å². The Labute approximate surface area is 139 Å². The molecule has 0 bridgehead atoms. The number of methoxy groups -OCH3 is 1. The summed E-state index contributed by atoms with van der Waals surface area (Å²) in [5.74, 6) is -0.952. The Kier molecular flexibility index (Phi) is 5.79. The standard InChI is InChI=1S/C17H18N2O5/c1-23-14-6-4-5-12(16(14)24-11-15(20)21)9-13(10-18)17(22)19-7-2-3-8-19/h4-6,9H,2-3,7-8,11H2,1H3,(H,20,21)/b13-9+. The lowest BCUT2D eigenvalue weighted by atomic mass is 10.1. The summed E-state index contributed by atoms with van der Waals surface area (Å²) in [6.07, 6.45) is 3.26. The molecule has 1 aromatic rings. The minimum Gasteiger partial charge on any atom is -0.493 e. The molecule has 0 atom stereocenters. The van der Waals surface area contributed by atoms with Crippen LogP contribution in [0.5, 0.6) is 11.5 Å². The number of nitriles is 1. The monoisotopic (exact) mass is 330 g/mol. The number of hydrogen-bond donors (Lipinski definition) is 1. The largest absolute Gasteiger partial charge is 0.493 e. The van der Waals surface area contributed by atoms with Crippen LogP contribution in [0, 0.1) is 11.3 Å². The third-order valence-corrected chi connectivity index (χ3v) is 3.61. The van der Waals surface area contributed by atoms with Gasteiger partial charge in [-0.3, -0.25) is 4.79 Å². The van der Waals surface area contributed by atoms with E-state index >= 15 is 0 Å². The molecule has 126 valence electrons. The number of likely N-dealkylation sites (tertiary alicyclic amines) is 1. The summed E-state index contributed by atoms with van der Waals surface area (Å²) in [6.45, 7) is 0.722. The Morgan fingerprint density at radius 2 is 2.08 bits per heavy atom. The fourth-order valence-corrected chi connectivity index (χ4v) is 2.48. The molecule has 1 aliphatic heterocycles. The first-order chi connectivity index (χ1) is 11.6. The zero-order valence-electron chi connectivity index (χ0n) is 13.3. The van der Waals surface area contributed by atoms with E-state index in [0.29, 0.717) is 24.4 Å². The average molecular weight is 330 g/mol. The van der Waals surface area contributed by atoms with Crippen molar-refractivity contribution in [1.29, 1.82) is 5.26 Å². The lowest BCUT2D eigenvalue weighted by Crippen LogP contribution is -2.28. The predicted octanol–water partition coefficient (Wildman–Crippen LogP) is 1.69. The number of carboxylic acid groups (broad SMARTS) is 1. The Morgan fingerprint density at radius 3 is 2.67 bits per heavy atom. The van der Waals surface area contributed by atoms with Crippen molar-refractivity contribution in [3.63, 3.8) is 0 Å². The van der Waals surface area contributed by atoms with Gasteiger partial charge < -0.3 is 19.5 Å². The van der Waals surface area contributed by atoms with Crippen molar-refractivity contribution in [3.8, 4) is 17.6 Å². The van der Waals surface area contributed by atoms with Crippen LogP contribution in [0.4, 0.5) is 0 Å². The molecule has 1 aliphatic rings. The van der Waals surface area contributed by atoms with Crippen LogP contribution in [-0.2, 0) is 9.59 Å². The highest BCUT2D eigenvalue weighted by atomic mass is 16.5. The lowest BCUT2D eigenvalue weighted by Gasteiger charge is -2.15. The number of hydrogen-bond acceptors (Lipinski definition) is 5. The number of ether oxygens (including phenoxy) is 2. The zero-order chi connectivity index (χ0) is 17.5. The Morgan fingerprint density at radius 1 is 1.38 bits per heavy atom. The van der Waals surface area contributed by atoms with Gasteiger partial charge in [-0.2, -0.15) is 5.26 Å². The number of carboxylic acids is 1. The van der Waals surface area contributed by atoms with Crippen molar-refractivity contribution in [2.45, 2.75) is 12.8 Å². The highest BCUT2D eigenvalue weighted by molar-refractivity contribution is 6.02. The van der Waals surface area contributed by atoms with E-state index < -0.39 is 12.6 Å². The first kappa shape index (κ1) is 17.3. The van der Waals surface area contributed by atoms with Gasteiger partial charge in [0, 0.05) is 18.7 Å². The van der Waals surface area contributed by atoms with Gasteiger partial charge in [0.1, 0.15) is 11.6 Å². The van der Waals surface area contributed by atoms with Gasteiger partial charge in [0.2, 0.25) is 0 Å². The zero-order valence-corrected chi connectivity index (χ0v) is 13.3. The molecule has 1 amide bonds. The fraction of sp³-hybridized carbons (Fsp3) is 0.353. The Bertz CT molecular complexity index is 699. The number of nitrogens with zero attached hydrogens (tertiary/aromatic N) is 2.